The number of aromatic nitrogens is 2. The van der Waals surface area contributed by atoms with Crippen molar-refractivity contribution in [2.24, 2.45) is 0 Å². The number of benzene rings is 3. The Kier molecular flexibility index (Phi) is 4.52. The van der Waals surface area contributed by atoms with Crippen LogP contribution in [0.4, 0.5) is 0 Å². The number of carbonyl (C=O) groups excluding carboxylic acids is 2. The molecule has 0 amide bonds. The van der Waals surface area contributed by atoms with Gasteiger partial charge in [-0.2, -0.15) is 0 Å². The third kappa shape index (κ3) is 3.12. The molecule has 0 atom stereocenters. The van der Waals surface area contributed by atoms with E-state index in [1.54, 1.807) is 0 Å². The van der Waals surface area contributed by atoms with Crippen LogP contribution in [-0.2, 0) is 13.1 Å². The Morgan fingerprint density at radius 2 is 1.07 bits per heavy atom. The summed E-state index contributed by atoms with van der Waals surface area (Å²) >= 11 is 0. The highest BCUT2D eigenvalue weighted by Crippen LogP contribution is 2.23. The Morgan fingerprint density at radius 1 is 0.600 bits per heavy atom. The number of carbonyl (C=O) groups is 2. The summed E-state index contributed by atoms with van der Waals surface area (Å²) in [5, 5.41) is 1.95. The summed E-state index contributed by atoms with van der Waals surface area (Å²) in [7, 11) is 0. The Bertz CT molecular complexity index is 1290. The minimum absolute atomic E-state index is 0.689. The van der Waals surface area contributed by atoms with Crippen LogP contribution in [0.2, 0.25) is 0 Å². The van der Waals surface area contributed by atoms with Crippen LogP contribution in [0.5, 0.6) is 0 Å². The minimum Gasteiger partial charge on any atom is -0.342 e. The van der Waals surface area contributed by atoms with Crippen molar-refractivity contribution in [2.45, 2.75) is 13.1 Å². The molecule has 0 bridgehead atoms. The third-order valence-corrected chi connectivity index (χ3v) is 5.59. The van der Waals surface area contributed by atoms with E-state index < -0.39 is 0 Å². The van der Waals surface area contributed by atoms with Crippen molar-refractivity contribution in [3.05, 3.63) is 107 Å². The Balaban J connectivity index is 1.47. The molecule has 0 fully saturated rings. The number of rotatable bonds is 6. The van der Waals surface area contributed by atoms with Crippen molar-refractivity contribution < 1.29 is 9.59 Å². The van der Waals surface area contributed by atoms with Crippen molar-refractivity contribution in [1.29, 1.82) is 0 Å². The van der Waals surface area contributed by atoms with Gasteiger partial charge in [0.15, 0.2) is 12.6 Å². The van der Waals surface area contributed by atoms with Gasteiger partial charge in [0.2, 0.25) is 0 Å². The van der Waals surface area contributed by atoms with Crippen LogP contribution in [0.15, 0.2) is 85.2 Å². The maximum Gasteiger partial charge on any atom is 0.152 e. The standard InChI is InChI=1S/C26H20N2O2/c29-17-21-15-27(25-10-3-1-8-23(21)25)13-19-6-5-7-20(12-19)14-28-16-22(18-30)24-9-2-4-11-26(24)28/h1-12,15-18H,13-14H2. The largest absolute Gasteiger partial charge is 0.342 e. The molecule has 4 heteroatoms. The van der Waals surface area contributed by atoms with Crippen molar-refractivity contribution in [3.8, 4) is 0 Å². The normalized spacial score (nSPS) is 11.2. The van der Waals surface area contributed by atoms with Crippen molar-refractivity contribution in [2.75, 3.05) is 0 Å². The average Bonchev–Trinajstić information content (AvgIpc) is 3.32. The number of hydrogen-bond acceptors (Lipinski definition) is 2. The molecule has 146 valence electrons. The lowest BCUT2D eigenvalue weighted by atomic mass is 10.1. The van der Waals surface area contributed by atoms with E-state index >= 15 is 0 Å². The minimum atomic E-state index is 0.689. The summed E-state index contributed by atoms with van der Waals surface area (Å²) in [5.41, 5.74) is 5.86. The first-order chi connectivity index (χ1) is 14.8. The first-order valence-electron chi connectivity index (χ1n) is 9.91. The summed E-state index contributed by atoms with van der Waals surface area (Å²) in [6.07, 6.45) is 5.66. The van der Waals surface area contributed by atoms with Gasteiger partial charge in [-0.25, -0.2) is 0 Å². The van der Waals surface area contributed by atoms with Crippen molar-refractivity contribution in [3.63, 3.8) is 0 Å². The highest BCUT2D eigenvalue weighted by atomic mass is 16.1. The monoisotopic (exact) mass is 392 g/mol. The fourth-order valence-corrected chi connectivity index (χ4v) is 4.22. The molecule has 0 saturated heterocycles. The SMILES string of the molecule is O=Cc1cn(Cc2cccc(Cn3cc(C=O)c4ccccc43)c2)c2ccccc12. The molecule has 0 radical (unpaired) electrons. The second kappa shape index (κ2) is 7.48. The number of hydrogen-bond donors (Lipinski definition) is 0. The van der Waals surface area contributed by atoms with Crippen molar-refractivity contribution >= 4 is 34.4 Å². The second-order valence-electron chi connectivity index (χ2n) is 7.51. The summed E-state index contributed by atoms with van der Waals surface area (Å²) in [6, 6.07) is 24.4. The molecule has 0 aliphatic carbocycles. The van der Waals surface area contributed by atoms with Crippen LogP contribution in [-0.4, -0.2) is 21.7 Å². The molecule has 0 aliphatic heterocycles. The molecule has 30 heavy (non-hydrogen) atoms. The lowest BCUT2D eigenvalue weighted by Crippen LogP contribution is -2.01. The second-order valence-corrected chi connectivity index (χ2v) is 7.51. The molecule has 2 heterocycles. The lowest BCUT2D eigenvalue weighted by molar-refractivity contribution is 0.111. The van der Waals surface area contributed by atoms with Crippen LogP contribution in [0.1, 0.15) is 31.8 Å². The Morgan fingerprint density at radius 3 is 1.53 bits per heavy atom. The maximum absolute atomic E-state index is 11.4. The van der Waals surface area contributed by atoms with Gasteiger partial charge in [-0.05, 0) is 23.3 Å². The molecule has 3 aromatic carbocycles. The van der Waals surface area contributed by atoms with E-state index in [1.807, 2.05) is 60.9 Å². The van der Waals surface area contributed by atoms with Gasteiger partial charge in [0.05, 0.1) is 0 Å². The van der Waals surface area contributed by atoms with E-state index in [0.29, 0.717) is 24.2 Å². The van der Waals surface area contributed by atoms with E-state index in [-0.39, 0.29) is 0 Å². The zero-order valence-corrected chi connectivity index (χ0v) is 16.4. The highest BCUT2D eigenvalue weighted by Gasteiger charge is 2.10. The quantitative estimate of drug-likeness (QED) is 0.367. The van der Waals surface area contributed by atoms with Gasteiger partial charge in [-0.15, -0.1) is 0 Å². The van der Waals surface area contributed by atoms with Crippen LogP contribution in [0.3, 0.4) is 0 Å². The maximum atomic E-state index is 11.4. The molecular weight excluding hydrogens is 372 g/mol. The molecule has 0 N–H and O–H groups in total. The zero-order valence-electron chi connectivity index (χ0n) is 16.4. The summed E-state index contributed by atoms with van der Waals surface area (Å²) in [4.78, 5) is 22.9. The van der Waals surface area contributed by atoms with Gasteiger partial charge in [0.1, 0.15) is 0 Å². The predicted molar refractivity (Wildman–Crippen MR) is 119 cm³/mol. The Hall–Kier alpha value is -3.92. The molecule has 0 aliphatic rings. The fourth-order valence-electron chi connectivity index (χ4n) is 4.22. The van der Waals surface area contributed by atoms with Gasteiger partial charge < -0.3 is 9.13 Å². The topological polar surface area (TPSA) is 44.0 Å². The smallest absolute Gasteiger partial charge is 0.152 e. The molecule has 5 rings (SSSR count). The molecule has 0 spiro atoms. The molecule has 0 unspecified atom stereocenters. The number of nitrogens with zero attached hydrogens (tertiary/aromatic N) is 2. The van der Waals surface area contributed by atoms with Crippen LogP contribution in [0.25, 0.3) is 21.8 Å². The van der Waals surface area contributed by atoms with Crippen LogP contribution >= 0.6 is 0 Å². The third-order valence-electron chi connectivity index (χ3n) is 5.59. The number of aldehydes is 2. The first kappa shape index (κ1) is 18.1. The summed E-state index contributed by atoms with van der Waals surface area (Å²) < 4.78 is 4.24. The average molecular weight is 392 g/mol. The van der Waals surface area contributed by atoms with Gasteiger partial charge >= 0.3 is 0 Å². The lowest BCUT2D eigenvalue weighted by Gasteiger charge is -2.10. The van der Waals surface area contributed by atoms with Gasteiger partial charge in [-0.3, -0.25) is 9.59 Å². The zero-order chi connectivity index (χ0) is 20.5. The van der Waals surface area contributed by atoms with E-state index in [1.165, 1.54) is 0 Å². The number of para-hydroxylation sites is 2. The number of fused-ring (bicyclic) bond motifs is 2. The van der Waals surface area contributed by atoms with E-state index in [0.717, 1.165) is 45.5 Å². The highest BCUT2D eigenvalue weighted by molar-refractivity contribution is 5.98. The molecular formula is C26H20N2O2. The Labute approximate surface area is 174 Å². The van der Waals surface area contributed by atoms with Crippen LogP contribution < -0.4 is 0 Å². The molecule has 4 nitrogen and oxygen atoms in total. The molecule has 2 aromatic heterocycles. The fraction of sp³-hybridized carbons (Fsp3) is 0.0769. The van der Waals surface area contributed by atoms with E-state index in [9.17, 15) is 9.59 Å². The van der Waals surface area contributed by atoms with E-state index in [4.69, 9.17) is 0 Å². The first-order valence-corrected chi connectivity index (χ1v) is 9.91. The summed E-state index contributed by atoms with van der Waals surface area (Å²) in [6.45, 7) is 1.38. The summed E-state index contributed by atoms with van der Waals surface area (Å²) in [5.74, 6) is 0. The van der Waals surface area contributed by atoms with Crippen LogP contribution in [0, 0.1) is 0 Å². The predicted octanol–water partition coefficient (Wildman–Crippen LogP) is 5.32. The van der Waals surface area contributed by atoms with Crippen molar-refractivity contribution in [1.82, 2.24) is 9.13 Å². The van der Waals surface area contributed by atoms with Gasteiger partial charge in [0, 0.05) is 58.4 Å². The van der Waals surface area contributed by atoms with Gasteiger partial charge in [-0.1, -0.05) is 60.7 Å². The molecule has 0 saturated carbocycles. The molecule has 5 aromatic rings. The van der Waals surface area contributed by atoms with E-state index in [2.05, 4.69) is 33.4 Å². The van der Waals surface area contributed by atoms with Gasteiger partial charge in [0.25, 0.3) is 0 Å².